The number of hydrogen-bond acceptors (Lipinski definition) is 7. The summed E-state index contributed by atoms with van der Waals surface area (Å²) < 4.78 is 16.3. The van der Waals surface area contributed by atoms with Crippen LogP contribution < -0.4 is 14.8 Å². The quantitative estimate of drug-likeness (QED) is 0.357. The molecule has 30 heavy (non-hydrogen) atoms. The molecule has 1 heterocycles. The first-order chi connectivity index (χ1) is 14.5. The molecule has 170 valence electrons. The molecular formula is C22H35NO7. The first kappa shape index (κ1) is 24.4. The molecule has 0 aliphatic carbocycles. The van der Waals surface area contributed by atoms with Crippen LogP contribution in [0.5, 0.6) is 11.5 Å². The van der Waals surface area contributed by atoms with Crippen LogP contribution in [0.3, 0.4) is 0 Å². The van der Waals surface area contributed by atoms with Gasteiger partial charge in [-0.15, -0.1) is 0 Å². The van der Waals surface area contributed by atoms with Crippen LogP contribution in [0.4, 0.5) is 0 Å². The maximum atomic E-state index is 12.0. The van der Waals surface area contributed by atoms with Crippen molar-refractivity contribution in [2.75, 3.05) is 13.7 Å². The van der Waals surface area contributed by atoms with Crippen molar-refractivity contribution in [2.24, 2.45) is 0 Å². The maximum absolute atomic E-state index is 12.0. The number of ether oxygens (including phenoxy) is 3. The van der Waals surface area contributed by atoms with Crippen molar-refractivity contribution in [2.45, 2.75) is 83.0 Å². The van der Waals surface area contributed by atoms with E-state index in [-0.39, 0.29) is 5.91 Å². The second kappa shape index (κ2) is 12.7. The van der Waals surface area contributed by atoms with Crippen LogP contribution >= 0.6 is 0 Å². The van der Waals surface area contributed by atoms with Gasteiger partial charge in [0.1, 0.15) is 18.3 Å². The van der Waals surface area contributed by atoms with E-state index in [9.17, 15) is 20.1 Å². The molecule has 1 fully saturated rings. The second-order valence-corrected chi connectivity index (χ2v) is 7.60. The van der Waals surface area contributed by atoms with E-state index in [0.29, 0.717) is 24.5 Å². The lowest BCUT2D eigenvalue weighted by Gasteiger charge is -2.19. The SMILES string of the molecule is CCCCCCCCC(=O)NCc1ccc(O[C@H]2O[C@H](CO)[C@@H](O)[C@H]2O)c(OC)c1. The summed E-state index contributed by atoms with van der Waals surface area (Å²) in [6, 6.07) is 5.18. The van der Waals surface area contributed by atoms with Gasteiger partial charge in [-0.1, -0.05) is 45.1 Å². The predicted octanol–water partition coefficient (Wildman–Crippen LogP) is 1.88. The highest BCUT2D eigenvalue weighted by Gasteiger charge is 2.44. The molecule has 0 radical (unpaired) electrons. The Kier molecular flexibility index (Phi) is 10.4. The van der Waals surface area contributed by atoms with Crippen LogP contribution in [0.25, 0.3) is 0 Å². The van der Waals surface area contributed by atoms with Gasteiger partial charge in [0.05, 0.1) is 13.7 Å². The molecule has 1 saturated heterocycles. The van der Waals surface area contributed by atoms with E-state index in [1.807, 2.05) is 0 Å². The number of hydrogen-bond donors (Lipinski definition) is 4. The average Bonchev–Trinajstić information content (AvgIpc) is 3.03. The number of aliphatic hydroxyl groups is 3. The number of unbranched alkanes of at least 4 members (excludes halogenated alkanes) is 5. The van der Waals surface area contributed by atoms with Crippen molar-refractivity contribution in [1.82, 2.24) is 5.32 Å². The van der Waals surface area contributed by atoms with E-state index in [2.05, 4.69) is 12.2 Å². The number of aliphatic hydroxyl groups excluding tert-OH is 3. The van der Waals surface area contributed by atoms with Crippen LogP contribution in [0.2, 0.25) is 0 Å². The summed E-state index contributed by atoms with van der Waals surface area (Å²) >= 11 is 0. The molecule has 0 spiro atoms. The Bertz CT molecular complexity index is 654. The zero-order chi connectivity index (χ0) is 21.9. The number of carbonyl (C=O) groups is 1. The molecule has 1 aliphatic heterocycles. The Morgan fingerprint density at radius 3 is 2.50 bits per heavy atom. The van der Waals surface area contributed by atoms with Gasteiger partial charge < -0.3 is 34.8 Å². The minimum Gasteiger partial charge on any atom is -0.493 e. The molecule has 1 aromatic carbocycles. The van der Waals surface area contributed by atoms with Crippen LogP contribution in [0, 0.1) is 0 Å². The van der Waals surface area contributed by atoms with Crippen molar-refractivity contribution in [3.05, 3.63) is 23.8 Å². The zero-order valence-corrected chi connectivity index (χ0v) is 17.9. The van der Waals surface area contributed by atoms with Gasteiger partial charge in [0, 0.05) is 13.0 Å². The minimum atomic E-state index is -1.28. The number of rotatable bonds is 13. The van der Waals surface area contributed by atoms with E-state index in [1.54, 1.807) is 18.2 Å². The summed E-state index contributed by atoms with van der Waals surface area (Å²) in [5, 5.41) is 31.9. The fourth-order valence-corrected chi connectivity index (χ4v) is 3.36. The van der Waals surface area contributed by atoms with Crippen LogP contribution in [0.15, 0.2) is 18.2 Å². The summed E-state index contributed by atoms with van der Waals surface area (Å²) in [4.78, 5) is 12.0. The highest BCUT2D eigenvalue weighted by Crippen LogP contribution is 2.32. The Morgan fingerprint density at radius 1 is 1.10 bits per heavy atom. The Morgan fingerprint density at radius 2 is 1.83 bits per heavy atom. The zero-order valence-electron chi connectivity index (χ0n) is 17.9. The summed E-state index contributed by atoms with van der Waals surface area (Å²) in [5.41, 5.74) is 0.844. The molecule has 1 aromatic rings. The third-order valence-corrected chi connectivity index (χ3v) is 5.22. The van der Waals surface area contributed by atoms with Gasteiger partial charge in [0.15, 0.2) is 11.5 Å². The molecular weight excluding hydrogens is 390 g/mol. The number of benzene rings is 1. The lowest BCUT2D eigenvalue weighted by atomic mass is 10.1. The van der Waals surface area contributed by atoms with Crippen LogP contribution in [0.1, 0.15) is 57.4 Å². The van der Waals surface area contributed by atoms with E-state index >= 15 is 0 Å². The largest absolute Gasteiger partial charge is 0.493 e. The van der Waals surface area contributed by atoms with Crippen LogP contribution in [-0.4, -0.2) is 59.5 Å². The molecule has 8 heteroatoms. The summed E-state index contributed by atoms with van der Waals surface area (Å²) in [6.45, 7) is 2.13. The first-order valence-corrected chi connectivity index (χ1v) is 10.7. The molecule has 1 aliphatic rings. The lowest BCUT2D eigenvalue weighted by Crippen LogP contribution is -2.35. The number of carbonyl (C=O) groups excluding carboxylic acids is 1. The molecule has 4 N–H and O–H groups in total. The van der Waals surface area contributed by atoms with Crippen LogP contribution in [-0.2, 0) is 16.1 Å². The average molecular weight is 426 g/mol. The Labute approximate surface area is 178 Å². The molecule has 0 aromatic heterocycles. The standard InChI is InChI=1S/C22H35NO7/c1-3-4-5-6-7-8-9-19(25)23-13-15-10-11-16(17(12-15)28-2)29-22-21(27)20(26)18(14-24)30-22/h10-12,18,20-22,24,26-27H,3-9,13-14H2,1-2H3,(H,23,25)/t18-,20-,21-,22+/m1/s1. The highest BCUT2D eigenvalue weighted by atomic mass is 16.7. The van der Waals surface area contributed by atoms with Gasteiger partial charge in [0.2, 0.25) is 12.2 Å². The molecule has 0 bridgehead atoms. The Hall–Kier alpha value is -1.87. The monoisotopic (exact) mass is 425 g/mol. The van der Waals surface area contributed by atoms with Crippen molar-refractivity contribution in [3.63, 3.8) is 0 Å². The lowest BCUT2D eigenvalue weighted by molar-refractivity contribution is -0.121. The van der Waals surface area contributed by atoms with E-state index in [0.717, 1.165) is 18.4 Å². The fourth-order valence-electron chi connectivity index (χ4n) is 3.36. The number of methoxy groups -OCH3 is 1. The van der Waals surface area contributed by atoms with Gasteiger partial charge >= 0.3 is 0 Å². The predicted molar refractivity (Wildman–Crippen MR) is 111 cm³/mol. The summed E-state index contributed by atoms with van der Waals surface area (Å²) in [7, 11) is 1.49. The third kappa shape index (κ3) is 7.12. The highest BCUT2D eigenvalue weighted by molar-refractivity contribution is 5.75. The van der Waals surface area contributed by atoms with Gasteiger partial charge in [-0.2, -0.15) is 0 Å². The Balaban J connectivity index is 1.82. The second-order valence-electron chi connectivity index (χ2n) is 7.60. The molecule has 0 unspecified atom stereocenters. The van der Waals surface area contributed by atoms with E-state index in [4.69, 9.17) is 14.2 Å². The molecule has 2 rings (SSSR count). The van der Waals surface area contributed by atoms with Gasteiger partial charge in [0.25, 0.3) is 0 Å². The number of amides is 1. The van der Waals surface area contributed by atoms with Crippen molar-refractivity contribution in [1.29, 1.82) is 0 Å². The fraction of sp³-hybridized carbons (Fsp3) is 0.682. The molecule has 1 amide bonds. The summed E-state index contributed by atoms with van der Waals surface area (Å²) in [5.74, 6) is 0.765. The topological polar surface area (TPSA) is 117 Å². The smallest absolute Gasteiger partial charge is 0.229 e. The number of nitrogens with one attached hydrogen (secondary N) is 1. The van der Waals surface area contributed by atoms with Crippen molar-refractivity contribution in [3.8, 4) is 11.5 Å². The first-order valence-electron chi connectivity index (χ1n) is 10.7. The van der Waals surface area contributed by atoms with E-state index < -0.39 is 31.2 Å². The van der Waals surface area contributed by atoms with Crippen molar-refractivity contribution >= 4 is 5.91 Å². The third-order valence-electron chi connectivity index (χ3n) is 5.22. The van der Waals surface area contributed by atoms with Gasteiger partial charge in [-0.05, 0) is 24.1 Å². The normalized spacial score (nSPS) is 23.4. The minimum absolute atomic E-state index is 0.0243. The molecule has 8 nitrogen and oxygen atoms in total. The summed E-state index contributed by atoms with van der Waals surface area (Å²) in [6.07, 6.45) is 2.84. The van der Waals surface area contributed by atoms with Crippen molar-refractivity contribution < 1.29 is 34.3 Å². The van der Waals surface area contributed by atoms with Gasteiger partial charge in [-0.3, -0.25) is 4.79 Å². The molecule has 0 saturated carbocycles. The van der Waals surface area contributed by atoms with E-state index in [1.165, 1.54) is 32.8 Å². The molecule has 4 atom stereocenters. The maximum Gasteiger partial charge on any atom is 0.229 e. The van der Waals surface area contributed by atoms with Gasteiger partial charge in [-0.25, -0.2) is 0 Å².